The van der Waals surface area contributed by atoms with Gasteiger partial charge >= 0.3 is 12.1 Å². The molecule has 0 unspecified atom stereocenters. The molecule has 1 N–H and O–H groups in total. The van der Waals surface area contributed by atoms with Gasteiger partial charge in [-0.05, 0) is 94.2 Å². The minimum atomic E-state index is -0.995. The Morgan fingerprint density at radius 2 is 1.76 bits per heavy atom. The van der Waals surface area contributed by atoms with Crippen LogP contribution in [0.25, 0.3) is 0 Å². The zero-order valence-corrected chi connectivity index (χ0v) is 22.5. The van der Waals surface area contributed by atoms with Gasteiger partial charge < -0.3 is 19.6 Å². The van der Waals surface area contributed by atoms with Crippen molar-refractivity contribution in [2.75, 3.05) is 13.1 Å². The number of hydrogen-bond donors (Lipinski definition) is 1. The Morgan fingerprint density at radius 3 is 2.41 bits per heavy atom. The Labute approximate surface area is 219 Å². The molecule has 2 amide bonds. The van der Waals surface area contributed by atoms with Crippen LogP contribution in [0.5, 0.6) is 0 Å². The number of aromatic carboxylic acids is 1. The van der Waals surface area contributed by atoms with E-state index in [1.807, 2.05) is 37.8 Å². The smallest absolute Gasteiger partial charge is 0.410 e. The predicted octanol–water partition coefficient (Wildman–Crippen LogP) is 5.53. The third-order valence-corrected chi connectivity index (χ3v) is 7.47. The molecular formula is C30H38N2O5. The summed E-state index contributed by atoms with van der Waals surface area (Å²) < 4.78 is 5.63. The first-order chi connectivity index (χ1) is 17.4. The van der Waals surface area contributed by atoms with E-state index in [0.717, 1.165) is 24.0 Å². The first kappa shape index (κ1) is 26.7. The van der Waals surface area contributed by atoms with Crippen LogP contribution < -0.4 is 0 Å². The molecule has 2 aromatic rings. The normalized spacial score (nSPS) is 19.9. The Balaban J connectivity index is 1.66. The summed E-state index contributed by atoms with van der Waals surface area (Å²) in [5.74, 6) is -1.66. The van der Waals surface area contributed by atoms with E-state index >= 15 is 0 Å². The molecule has 0 radical (unpaired) electrons. The number of carboxylic acids is 1. The van der Waals surface area contributed by atoms with Gasteiger partial charge in [0.15, 0.2) is 0 Å². The molecule has 1 aliphatic carbocycles. The van der Waals surface area contributed by atoms with Crippen molar-refractivity contribution in [1.29, 1.82) is 0 Å². The minimum absolute atomic E-state index is 0.0161. The summed E-state index contributed by atoms with van der Waals surface area (Å²) in [6.45, 7) is 10.9. The maximum absolute atomic E-state index is 14.3. The van der Waals surface area contributed by atoms with Crippen LogP contribution in [0.1, 0.15) is 78.6 Å². The van der Waals surface area contributed by atoms with Gasteiger partial charge in [0, 0.05) is 25.7 Å². The Bertz CT molecular complexity index is 1180. The fourth-order valence-electron chi connectivity index (χ4n) is 5.15. The van der Waals surface area contributed by atoms with E-state index in [1.54, 1.807) is 23.1 Å². The molecule has 2 aliphatic rings. The second kappa shape index (κ2) is 10.6. The quantitative estimate of drug-likeness (QED) is 0.556. The van der Waals surface area contributed by atoms with Crippen molar-refractivity contribution in [1.82, 2.24) is 9.80 Å². The number of aryl methyl sites for hydroxylation is 1. The lowest BCUT2D eigenvalue weighted by atomic mass is 9.79. The molecule has 1 aliphatic heterocycles. The van der Waals surface area contributed by atoms with E-state index in [0.29, 0.717) is 19.5 Å². The summed E-state index contributed by atoms with van der Waals surface area (Å²) in [5.41, 5.74) is 3.90. The average molecular weight is 507 g/mol. The molecule has 0 bridgehead atoms. The first-order valence-electron chi connectivity index (χ1n) is 13.1. The topological polar surface area (TPSA) is 87.2 Å². The molecule has 0 spiro atoms. The summed E-state index contributed by atoms with van der Waals surface area (Å²) in [6.07, 6.45) is 2.08. The van der Waals surface area contributed by atoms with Gasteiger partial charge in [0.25, 0.3) is 0 Å². The Kier molecular flexibility index (Phi) is 7.62. The van der Waals surface area contributed by atoms with Crippen LogP contribution in [0.3, 0.4) is 0 Å². The zero-order chi connectivity index (χ0) is 26.9. The molecular weight excluding hydrogens is 468 g/mol. The lowest BCUT2D eigenvalue weighted by Gasteiger charge is -2.40. The third kappa shape index (κ3) is 6.32. The van der Waals surface area contributed by atoms with Crippen LogP contribution in [0, 0.1) is 19.8 Å². The number of carbonyl (C=O) groups is 3. The first-order valence-corrected chi connectivity index (χ1v) is 13.1. The van der Waals surface area contributed by atoms with Gasteiger partial charge in [-0.25, -0.2) is 9.59 Å². The number of benzene rings is 2. The van der Waals surface area contributed by atoms with Gasteiger partial charge in [-0.2, -0.15) is 0 Å². The van der Waals surface area contributed by atoms with Crippen molar-refractivity contribution in [3.63, 3.8) is 0 Å². The maximum atomic E-state index is 14.3. The second-order valence-electron chi connectivity index (χ2n) is 11.4. The molecule has 7 heteroatoms. The predicted molar refractivity (Wildman–Crippen MR) is 142 cm³/mol. The van der Waals surface area contributed by atoms with Crippen molar-refractivity contribution in [3.8, 4) is 0 Å². The lowest BCUT2D eigenvalue weighted by molar-refractivity contribution is -0.139. The van der Waals surface area contributed by atoms with Crippen LogP contribution in [-0.2, 0) is 16.1 Å². The standard InChI is InChI=1S/C30H38N2O5/c1-19-8-6-11-23(20(19)2)17-32(24-12-13-24)27(33)26-18-31(29(36)37-30(3,4)5)15-14-25(26)21-9-7-10-22(16-21)28(34)35/h6-11,16,24-26H,12-15,17-18H2,1-5H3,(H,34,35)/t25-,26+/m1/s1. The highest BCUT2D eigenvalue weighted by Gasteiger charge is 2.43. The van der Waals surface area contributed by atoms with E-state index in [1.165, 1.54) is 11.1 Å². The molecule has 7 nitrogen and oxygen atoms in total. The van der Waals surface area contributed by atoms with E-state index < -0.39 is 23.6 Å². The van der Waals surface area contributed by atoms with Crippen LogP contribution >= 0.6 is 0 Å². The zero-order valence-electron chi connectivity index (χ0n) is 22.5. The third-order valence-electron chi connectivity index (χ3n) is 7.47. The van der Waals surface area contributed by atoms with Crippen LogP contribution in [-0.4, -0.2) is 57.6 Å². The monoisotopic (exact) mass is 506 g/mol. The second-order valence-corrected chi connectivity index (χ2v) is 11.4. The molecule has 2 atom stereocenters. The van der Waals surface area contributed by atoms with E-state index in [2.05, 4.69) is 26.0 Å². The van der Waals surface area contributed by atoms with Crippen molar-refractivity contribution < 1.29 is 24.2 Å². The molecule has 198 valence electrons. The van der Waals surface area contributed by atoms with Crippen molar-refractivity contribution >= 4 is 18.0 Å². The number of ether oxygens (including phenoxy) is 1. The van der Waals surface area contributed by atoms with Crippen LogP contribution in [0.2, 0.25) is 0 Å². The van der Waals surface area contributed by atoms with E-state index in [-0.39, 0.29) is 30.0 Å². The number of carboxylic acid groups (broad SMARTS) is 1. The van der Waals surface area contributed by atoms with Crippen LogP contribution in [0.4, 0.5) is 4.79 Å². The van der Waals surface area contributed by atoms with Crippen molar-refractivity contribution in [3.05, 3.63) is 70.3 Å². The SMILES string of the molecule is Cc1cccc(CN(C(=O)[C@H]2CN(C(=O)OC(C)(C)C)CC[C@@H]2c2cccc(C(=O)O)c2)C2CC2)c1C. The molecule has 1 heterocycles. The molecule has 37 heavy (non-hydrogen) atoms. The highest BCUT2D eigenvalue weighted by atomic mass is 16.6. The van der Waals surface area contributed by atoms with Crippen molar-refractivity contribution in [2.45, 2.75) is 78.0 Å². The summed E-state index contributed by atoms with van der Waals surface area (Å²) in [5, 5.41) is 9.54. The molecule has 2 fully saturated rings. The largest absolute Gasteiger partial charge is 0.478 e. The van der Waals surface area contributed by atoms with Gasteiger partial charge in [0.05, 0.1) is 11.5 Å². The summed E-state index contributed by atoms with van der Waals surface area (Å²) in [6, 6.07) is 13.2. The minimum Gasteiger partial charge on any atom is -0.478 e. The van der Waals surface area contributed by atoms with Crippen molar-refractivity contribution in [2.24, 2.45) is 5.92 Å². The number of carbonyl (C=O) groups excluding carboxylic acids is 2. The van der Waals surface area contributed by atoms with Gasteiger partial charge in [0.2, 0.25) is 5.91 Å². The van der Waals surface area contributed by atoms with Gasteiger partial charge in [-0.1, -0.05) is 30.3 Å². The number of hydrogen-bond acceptors (Lipinski definition) is 4. The highest BCUT2D eigenvalue weighted by Crippen LogP contribution is 2.38. The summed E-state index contributed by atoms with van der Waals surface area (Å²) in [7, 11) is 0. The number of piperidine rings is 1. The van der Waals surface area contributed by atoms with E-state index in [9.17, 15) is 19.5 Å². The molecule has 1 saturated heterocycles. The van der Waals surface area contributed by atoms with Gasteiger partial charge in [-0.15, -0.1) is 0 Å². The van der Waals surface area contributed by atoms with Gasteiger partial charge in [0.1, 0.15) is 5.60 Å². The van der Waals surface area contributed by atoms with Crippen LogP contribution in [0.15, 0.2) is 42.5 Å². The number of rotatable bonds is 6. The van der Waals surface area contributed by atoms with Gasteiger partial charge in [-0.3, -0.25) is 4.79 Å². The summed E-state index contributed by atoms with van der Waals surface area (Å²) in [4.78, 5) is 42.5. The summed E-state index contributed by atoms with van der Waals surface area (Å²) >= 11 is 0. The number of nitrogens with zero attached hydrogens (tertiary/aromatic N) is 2. The maximum Gasteiger partial charge on any atom is 0.410 e. The average Bonchev–Trinajstić information content (AvgIpc) is 3.68. The molecule has 2 aromatic carbocycles. The van der Waals surface area contributed by atoms with E-state index in [4.69, 9.17) is 4.74 Å². The highest BCUT2D eigenvalue weighted by molar-refractivity contribution is 5.88. The fraction of sp³-hybridized carbons (Fsp3) is 0.500. The number of likely N-dealkylation sites (tertiary alicyclic amines) is 1. The number of amides is 2. The fourth-order valence-corrected chi connectivity index (χ4v) is 5.15. The molecule has 4 rings (SSSR count). The lowest BCUT2D eigenvalue weighted by Crippen LogP contribution is -2.51. The molecule has 0 aromatic heterocycles. The Hall–Kier alpha value is -3.35. The Morgan fingerprint density at radius 1 is 1.05 bits per heavy atom. The molecule has 1 saturated carbocycles.